The van der Waals surface area contributed by atoms with E-state index >= 15 is 0 Å². The van der Waals surface area contributed by atoms with Gasteiger partial charge in [-0.15, -0.1) is 0 Å². The lowest BCUT2D eigenvalue weighted by molar-refractivity contribution is 0.0303. The normalized spacial score (nSPS) is 15.0. The summed E-state index contributed by atoms with van der Waals surface area (Å²) in [4.78, 5) is 50.2. The number of piperidine rings is 1. The van der Waals surface area contributed by atoms with E-state index in [1.165, 1.54) is 19.3 Å². The average Bonchev–Trinajstić information content (AvgIpc) is 3.07. The second kappa shape index (κ2) is 13.2. The van der Waals surface area contributed by atoms with E-state index in [0.29, 0.717) is 60.2 Å². The molecule has 0 spiro atoms. The molecular formula is C34H37N7O4. The van der Waals surface area contributed by atoms with Crippen molar-refractivity contribution in [2.45, 2.75) is 26.2 Å². The zero-order valence-corrected chi connectivity index (χ0v) is 25.3. The molecule has 5 N–H and O–H groups in total. The molecule has 0 unspecified atom stereocenters. The molecule has 4 aromatic rings. The lowest BCUT2D eigenvalue weighted by atomic mass is 10.0. The molecule has 232 valence electrons. The summed E-state index contributed by atoms with van der Waals surface area (Å²) in [5.41, 5.74) is 11.5. The van der Waals surface area contributed by atoms with Gasteiger partial charge in [-0.1, -0.05) is 12.1 Å². The Hall–Kier alpha value is -5.16. The van der Waals surface area contributed by atoms with Gasteiger partial charge in [0.1, 0.15) is 0 Å². The molecule has 3 aromatic carbocycles. The van der Waals surface area contributed by atoms with Crippen molar-refractivity contribution in [2.24, 2.45) is 0 Å². The smallest absolute Gasteiger partial charge is 0.291 e. The number of hydrogen-bond acceptors (Lipinski definition) is 8. The summed E-state index contributed by atoms with van der Waals surface area (Å²) in [6, 6.07) is 18.2. The van der Waals surface area contributed by atoms with Crippen LogP contribution >= 0.6 is 0 Å². The number of nitrogens with zero attached hydrogens (tertiary/aromatic N) is 3. The number of carbonyl (C=O) groups is 2. The van der Waals surface area contributed by atoms with Gasteiger partial charge in [0.2, 0.25) is 0 Å². The number of aromatic amines is 1. The average molecular weight is 608 g/mol. The van der Waals surface area contributed by atoms with E-state index in [9.17, 15) is 14.4 Å². The molecule has 0 bridgehead atoms. The predicted octanol–water partition coefficient (Wildman–Crippen LogP) is 4.79. The third kappa shape index (κ3) is 6.68. The topological polar surface area (TPSA) is 146 Å². The number of nitrogen functional groups attached to an aromatic ring is 1. The highest BCUT2D eigenvalue weighted by molar-refractivity contribution is 6.05. The molecule has 0 atom stereocenters. The molecule has 3 heterocycles. The number of nitrogens with two attached hydrogens (primary N) is 1. The second-order valence-electron chi connectivity index (χ2n) is 11.3. The van der Waals surface area contributed by atoms with Gasteiger partial charge >= 0.3 is 0 Å². The van der Waals surface area contributed by atoms with Crippen molar-refractivity contribution >= 4 is 40.4 Å². The monoisotopic (exact) mass is 607 g/mol. The molecule has 11 heteroatoms. The van der Waals surface area contributed by atoms with E-state index in [4.69, 9.17) is 10.5 Å². The highest BCUT2D eigenvalue weighted by Crippen LogP contribution is 2.29. The molecule has 11 nitrogen and oxygen atoms in total. The van der Waals surface area contributed by atoms with Crippen LogP contribution in [-0.2, 0) is 4.74 Å². The van der Waals surface area contributed by atoms with Crippen LogP contribution in [0.2, 0.25) is 0 Å². The Balaban J connectivity index is 1.17. The number of hydrogen-bond donors (Lipinski definition) is 4. The minimum atomic E-state index is -0.416. The second-order valence-corrected chi connectivity index (χ2v) is 11.3. The Bertz CT molecular complexity index is 1760. The van der Waals surface area contributed by atoms with E-state index in [-0.39, 0.29) is 17.6 Å². The first kappa shape index (κ1) is 29.9. The van der Waals surface area contributed by atoms with Gasteiger partial charge in [0, 0.05) is 66.3 Å². The summed E-state index contributed by atoms with van der Waals surface area (Å²) in [6.07, 6.45) is 5.20. The van der Waals surface area contributed by atoms with Crippen molar-refractivity contribution in [1.82, 2.24) is 14.9 Å². The summed E-state index contributed by atoms with van der Waals surface area (Å²) in [5.74, 6) is -0.288. The fourth-order valence-corrected chi connectivity index (χ4v) is 5.76. The van der Waals surface area contributed by atoms with Crippen LogP contribution < -0.4 is 26.8 Å². The number of ether oxygens (including phenoxy) is 1. The summed E-state index contributed by atoms with van der Waals surface area (Å²) in [7, 11) is 0. The van der Waals surface area contributed by atoms with Crippen LogP contribution in [0, 0.1) is 6.92 Å². The Labute approximate surface area is 261 Å². The van der Waals surface area contributed by atoms with Gasteiger partial charge in [-0.25, -0.2) is 4.98 Å². The standard InChI is InChI=1S/C34H37N7O4/c1-22-26(6-5-7-29(22)39-32(42)23-8-11-25(12-9-23)40-14-3-2-4-15-40)30-21-36-33(43)31(38-30)37-24-10-13-27(28(35)20-24)34(44)41-16-18-45-19-17-41/h5-13,20-21H,2-4,14-19,35H2,1H3,(H,36,43)(H,37,38)(H,39,42). The molecule has 2 saturated heterocycles. The van der Waals surface area contributed by atoms with Crippen LogP contribution in [0.3, 0.4) is 0 Å². The lowest BCUT2D eigenvalue weighted by Gasteiger charge is -2.28. The van der Waals surface area contributed by atoms with Gasteiger partial charge in [-0.3, -0.25) is 14.4 Å². The number of carbonyl (C=O) groups excluding carboxylic acids is 2. The zero-order chi connectivity index (χ0) is 31.3. The summed E-state index contributed by atoms with van der Waals surface area (Å²) >= 11 is 0. The largest absolute Gasteiger partial charge is 0.398 e. The lowest BCUT2D eigenvalue weighted by Crippen LogP contribution is -2.40. The summed E-state index contributed by atoms with van der Waals surface area (Å²) < 4.78 is 5.33. The fraction of sp³-hybridized carbons (Fsp3) is 0.294. The number of H-pyrrole nitrogens is 1. The number of benzene rings is 3. The Morgan fingerprint density at radius 2 is 1.71 bits per heavy atom. The van der Waals surface area contributed by atoms with Crippen molar-refractivity contribution in [3.63, 3.8) is 0 Å². The van der Waals surface area contributed by atoms with Gasteiger partial charge < -0.3 is 35.9 Å². The summed E-state index contributed by atoms with van der Waals surface area (Å²) in [5, 5.41) is 6.06. The first-order chi connectivity index (χ1) is 21.9. The SMILES string of the molecule is Cc1c(NC(=O)c2ccc(N3CCCCC3)cc2)cccc1-c1c[nH]c(=O)c(Nc2ccc(C(=O)N3CCOCC3)c(N)c2)n1. The van der Waals surface area contributed by atoms with E-state index in [2.05, 4.69) is 25.5 Å². The van der Waals surface area contributed by atoms with E-state index in [0.717, 1.165) is 29.9 Å². The third-order valence-electron chi connectivity index (χ3n) is 8.34. The van der Waals surface area contributed by atoms with Crippen molar-refractivity contribution in [1.29, 1.82) is 0 Å². The quantitative estimate of drug-likeness (QED) is 0.220. The van der Waals surface area contributed by atoms with Gasteiger partial charge in [0.05, 0.1) is 24.5 Å². The molecule has 0 aliphatic carbocycles. The predicted molar refractivity (Wildman–Crippen MR) is 176 cm³/mol. The minimum absolute atomic E-state index is 0.0711. The van der Waals surface area contributed by atoms with Crippen molar-refractivity contribution in [2.75, 3.05) is 60.7 Å². The van der Waals surface area contributed by atoms with Gasteiger partial charge in [-0.05, 0) is 80.3 Å². The molecule has 6 rings (SSSR count). The number of morpholine rings is 1. The first-order valence-corrected chi connectivity index (χ1v) is 15.3. The Kier molecular flexibility index (Phi) is 8.79. The van der Waals surface area contributed by atoms with Crippen LogP contribution in [0.1, 0.15) is 45.5 Å². The maximum absolute atomic E-state index is 13.1. The van der Waals surface area contributed by atoms with Gasteiger partial charge in [-0.2, -0.15) is 0 Å². The van der Waals surface area contributed by atoms with Gasteiger partial charge in [0.25, 0.3) is 17.4 Å². The van der Waals surface area contributed by atoms with Crippen LogP contribution in [0.15, 0.2) is 71.7 Å². The molecule has 2 aliphatic rings. The van der Waals surface area contributed by atoms with Crippen LogP contribution in [0.25, 0.3) is 11.3 Å². The molecule has 0 saturated carbocycles. The molecule has 2 fully saturated rings. The molecule has 45 heavy (non-hydrogen) atoms. The number of rotatable bonds is 7. The minimum Gasteiger partial charge on any atom is -0.398 e. The van der Waals surface area contributed by atoms with Crippen molar-refractivity contribution in [3.8, 4) is 11.3 Å². The Morgan fingerprint density at radius 1 is 0.956 bits per heavy atom. The zero-order valence-electron chi connectivity index (χ0n) is 25.3. The van der Waals surface area contributed by atoms with Crippen LogP contribution in [0.4, 0.5) is 28.6 Å². The third-order valence-corrected chi connectivity index (χ3v) is 8.34. The number of amides is 2. The maximum Gasteiger partial charge on any atom is 0.291 e. The molecule has 0 radical (unpaired) electrons. The first-order valence-electron chi connectivity index (χ1n) is 15.3. The van der Waals surface area contributed by atoms with Crippen LogP contribution in [0.5, 0.6) is 0 Å². The summed E-state index contributed by atoms with van der Waals surface area (Å²) in [6.45, 7) is 6.01. The molecule has 2 aliphatic heterocycles. The molecular weight excluding hydrogens is 570 g/mol. The highest BCUT2D eigenvalue weighted by Gasteiger charge is 2.21. The van der Waals surface area contributed by atoms with E-state index in [1.54, 1.807) is 29.3 Å². The van der Waals surface area contributed by atoms with Gasteiger partial charge in [0.15, 0.2) is 5.82 Å². The number of anilines is 5. The fourth-order valence-electron chi connectivity index (χ4n) is 5.76. The van der Waals surface area contributed by atoms with Crippen molar-refractivity contribution in [3.05, 3.63) is 93.9 Å². The number of aromatic nitrogens is 2. The highest BCUT2D eigenvalue weighted by atomic mass is 16.5. The maximum atomic E-state index is 13.1. The molecule has 1 aromatic heterocycles. The Morgan fingerprint density at radius 3 is 2.44 bits per heavy atom. The van der Waals surface area contributed by atoms with E-state index < -0.39 is 5.56 Å². The molecule has 2 amide bonds. The van der Waals surface area contributed by atoms with E-state index in [1.807, 2.05) is 49.4 Å². The van der Waals surface area contributed by atoms with Crippen LogP contribution in [-0.4, -0.2) is 66.1 Å². The number of nitrogens with one attached hydrogen (secondary N) is 3. The van der Waals surface area contributed by atoms with Crippen molar-refractivity contribution < 1.29 is 14.3 Å².